The number of fused-ring (bicyclic) bond motifs is 1. The topological polar surface area (TPSA) is 60.6 Å². The largest absolute Gasteiger partial charge is 0.493 e. The van der Waals surface area contributed by atoms with Gasteiger partial charge in [-0.15, -0.1) is 0 Å². The van der Waals surface area contributed by atoms with Crippen LogP contribution in [0, 0.1) is 0 Å². The lowest BCUT2D eigenvalue weighted by atomic mass is 10.1. The number of rotatable bonds is 3. The van der Waals surface area contributed by atoms with E-state index in [0.29, 0.717) is 24.4 Å². The molecule has 4 rings (SSSR count). The Balaban J connectivity index is 1.55. The molecule has 1 saturated heterocycles. The third-order valence-corrected chi connectivity index (χ3v) is 4.49. The number of hydrogen-bond acceptors (Lipinski definition) is 6. The Morgan fingerprint density at radius 1 is 1.26 bits per heavy atom. The van der Waals surface area contributed by atoms with Gasteiger partial charge in [0.1, 0.15) is 11.9 Å². The van der Waals surface area contributed by atoms with Gasteiger partial charge in [-0.3, -0.25) is 4.90 Å². The SMILES string of the molecule is CC(C)N1CCO[C@H](c2nc(-c3ccc4c(c3)CCO4)no2)C1. The predicted octanol–water partition coefficient (Wildman–Crippen LogP) is 2.45. The van der Waals surface area contributed by atoms with Gasteiger partial charge in [0.05, 0.1) is 13.2 Å². The summed E-state index contributed by atoms with van der Waals surface area (Å²) in [5.41, 5.74) is 2.16. The maximum Gasteiger partial charge on any atom is 0.257 e. The zero-order valence-corrected chi connectivity index (χ0v) is 13.5. The summed E-state index contributed by atoms with van der Waals surface area (Å²) in [5.74, 6) is 2.13. The van der Waals surface area contributed by atoms with Crippen LogP contribution in [-0.4, -0.2) is 47.4 Å². The fourth-order valence-corrected chi connectivity index (χ4v) is 3.10. The van der Waals surface area contributed by atoms with Gasteiger partial charge in [-0.25, -0.2) is 0 Å². The molecule has 0 radical (unpaired) electrons. The minimum Gasteiger partial charge on any atom is -0.493 e. The number of aromatic nitrogens is 2. The van der Waals surface area contributed by atoms with Crippen molar-refractivity contribution in [2.75, 3.05) is 26.3 Å². The summed E-state index contributed by atoms with van der Waals surface area (Å²) in [7, 11) is 0. The summed E-state index contributed by atoms with van der Waals surface area (Å²) in [6.45, 7) is 7.55. The highest BCUT2D eigenvalue weighted by atomic mass is 16.5. The summed E-state index contributed by atoms with van der Waals surface area (Å²) < 4.78 is 16.8. The van der Waals surface area contributed by atoms with E-state index in [0.717, 1.165) is 37.4 Å². The third-order valence-electron chi connectivity index (χ3n) is 4.49. The van der Waals surface area contributed by atoms with Crippen LogP contribution in [0.3, 0.4) is 0 Å². The molecule has 122 valence electrons. The quantitative estimate of drug-likeness (QED) is 0.867. The Kier molecular flexibility index (Phi) is 3.79. The average molecular weight is 315 g/mol. The highest BCUT2D eigenvalue weighted by Gasteiger charge is 2.28. The molecule has 6 heteroatoms. The molecule has 2 aliphatic heterocycles. The minimum absolute atomic E-state index is 0.148. The van der Waals surface area contributed by atoms with Gasteiger partial charge >= 0.3 is 0 Å². The van der Waals surface area contributed by atoms with Crippen molar-refractivity contribution in [3.63, 3.8) is 0 Å². The van der Waals surface area contributed by atoms with E-state index in [-0.39, 0.29) is 6.10 Å². The van der Waals surface area contributed by atoms with Crippen molar-refractivity contribution in [1.29, 1.82) is 0 Å². The van der Waals surface area contributed by atoms with Crippen molar-refractivity contribution in [3.05, 3.63) is 29.7 Å². The van der Waals surface area contributed by atoms with Gasteiger partial charge in [0.2, 0.25) is 5.82 Å². The van der Waals surface area contributed by atoms with E-state index in [1.807, 2.05) is 12.1 Å². The van der Waals surface area contributed by atoms with Crippen molar-refractivity contribution in [2.45, 2.75) is 32.4 Å². The number of hydrogen-bond donors (Lipinski definition) is 0. The van der Waals surface area contributed by atoms with Gasteiger partial charge in [0.15, 0.2) is 0 Å². The highest BCUT2D eigenvalue weighted by Crippen LogP contribution is 2.30. The van der Waals surface area contributed by atoms with Crippen LogP contribution in [0.25, 0.3) is 11.4 Å². The van der Waals surface area contributed by atoms with Crippen LogP contribution < -0.4 is 4.74 Å². The van der Waals surface area contributed by atoms with E-state index in [9.17, 15) is 0 Å². The molecule has 0 N–H and O–H groups in total. The molecule has 6 nitrogen and oxygen atoms in total. The second kappa shape index (κ2) is 5.94. The minimum atomic E-state index is -0.148. The van der Waals surface area contributed by atoms with Crippen LogP contribution in [0.1, 0.15) is 31.4 Å². The van der Waals surface area contributed by atoms with E-state index in [1.54, 1.807) is 0 Å². The molecule has 23 heavy (non-hydrogen) atoms. The molecule has 0 unspecified atom stereocenters. The van der Waals surface area contributed by atoms with Crippen molar-refractivity contribution in [2.24, 2.45) is 0 Å². The summed E-state index contributed by atoms with van der Waals surface area (Å²) in [6, 6.07) is 6.52. The molecule has 0 bridgehead atoms. The maximum atomic E-state index is 5.81. The molecule has 0 amide bonds. The van der Waals surface area contributed by atoms with Crippen molar-refractivity contribution in [1.82, 2.24) is 15.0 Å². The van der Waals surface area contributed by atoms with Gasteiger partial charge in [-0.1, -0.05) is 5.16 Å². The van der Waals surface area contributed by atoms with Gasteiger partial charge < -0.3 is 14.0 Å². The first kappa shape index (κ1) is 14.7. The lowest BCUT2D eigenvalue weighted by Crippen LogP contribution is -2.42. The Hall–Kier alpha value is -1.92. The van der Waals surface area contributed by atoms with Gasteiger partial charge in [0.25, 0.3) is 5.89 Å². The van der Waals surface area contributed by atoms with Crippen LogP contribution in [0.4, 0.5) is 0 Å². The second-order valence-electron chi connectivity index (χ2n) is 6.33. The molecule has 0 spiro atoms. The fourth-order valence-electron chi connectivity index (χ4n) is 3.10. The van der Waals surface area contributed by atoms with Crippen molar-refractivity contribution >= 4 is 0 Å². The van der Waals surface area contributed by atoms with Crippen LogP contribution in [0.15, 0.2) is 22.7 Å². The number of ether oxygens (including phenoxy) is 2. The molecule has 2 aliphatic rings. The van der Waals surface area contributed by atoms with Gasteiger partial charge in [-0.05, 0) is 37.6 Å². The normalized spacial score (nSPS) is 21.4. The lowest BCUT2D eigenvalue weighted by molar-refractivity contribution is -0.0539. The summed E-state index contributed by atoms with van der Waals surface area (Å²) in [5, 5.41) is 4.13. The molecule has 0 saturated carbocycles. The first-order valence-corrected chi connectivity index (χ1v) is 8.16. The Labute approximate surface area is 135 Å². The molecule has 0 aliphatic carbocycles. The Morgan fingerprint density at radius 2 is 2.17 bits per heavy atom. The summed E-state index contributed by atoms with van der Waals surface area (Å²) in [4.78, 5) is 6.92. The molecular weight excluding hydrogens is 294 g/mol. The molecule has 1 atom stereocenters. The maximum absolute atomic E-state index is 5.81. The molecular formula is C17H21N3O3. The first-order chi connectivity index (χ1) is 11.2. The van der Waals surface area contributed by atoms with Gasteiger partial charge in [0, 0.05) is 31.1 Å². The molecule has 1 fully saturated rings. The summed E-state index contributed by atoms with van der Waals surface area (Å²) >= 11 is 0. The molecule has 3 heterocycles. The van der Waals surface area contributed by atoms with E-state index in [2.05, 4.69) is 35.0 Å². The second-order valence-corrected chi connectivity index (χ2v) is 6.33. The van der Waals surface area contributed by atoms with Crippen LogP contribution in [-0.2, 0) is 11.2 Å². The first-order valence-electron chi connectivity index (χ1n) is 8.16. The van der Waals surface area contributed by atoms with Crippen molar-refractivity contribution < 1.29 is 14.0 Å². The standard InChI is InChI=1S/C17H21N3O3/c1-11(2)20-6-8-22-15(10-20)17-18-16(19-23-17)13-3-4-14-12(9-13)5-7-21-14/h3-4,9,11,15H,5-8,10H2,1-2H3/t15-/m0/s1. The van der Waals surface area contributed by atoms with E-state index < -0.39 is 0 Å². The van der Waals surface area contributed by atoms with E-state index in [4.69, 9.17) is 14.0 Å². The third kappa shape index (κ3) is 2.84. The monoisotopic (exact) mass is 315 g/mol. The van der Waals surface area contributed by atoms with E-state index in [1.165, 1.54) is 5.56 Å². The fraction of sp³-hybridized carbons (Fsp3) is 0.529. The van der Waals surface area contributed by atoms with Crippen LogP contribution in [0.2, 0.25) is 0 Å². The number of nitrogens with zero attached hydrogens (tertiary/aromatic N) is 3. The van der Waals surface area contributed by atoms with E-state index >= 15 is 0 Å². The molecule has 2 aromatic rings. The van der Waals surface area contributed by atoms with Crippen LogP contribution >= 0.6 is 0 Å². The van der Waals surface area contributed by atoms with Crippen LogP contribution in [0.5, 0.6) is 5.75 Å². The average Bonchev–Trinajstić information content (AvgIpc) is 3.23. The lowest BCUT2D eigenvalue weighted by Gasteiger charge is -2.33. The molecule has 1 aromatic carbocycles. The zero-order valence-electron chi connectivity index (χ0n) is 13.5. The molecule has 1 aromatic heterocycles. The smallest absolute Gasteiger partial charge is 0.257 e. The zero-order chi connectivity index (χ0) is 15.8. The Morgan fingerprint density at radius 3 is 3.04 bits per heavy atom. The number of benzene rings is 1. The highest BCUT2D eigenvalue weighted by molar-refractivity contribution is 5.59. The number of morpholine rings is 1. The van der Waals surface area contributed by atoms with Crippen molar-refractivity contribution in [3.8, 4) is 17.1 Å². The summed E-state index contributed by atoms with van der Waals surface area (Å²) in [6.07, 6.45) is 0.785. The van der Waals surface area contributed by atoms with Gasteiger partial charge in [-0.2, -0.15) is 4.98 Å². The Bertz CT molecular complexity index is 698. The predicted molar refractivity (Wildman–Crippen MR) is 84.3 cm³/mol.